The monoisotopic (exact) mass is 419 g/mol. The maximum atomic E-state index is 5.89. The second-order valence-electron chi connectivity index (χ2n) is 5.86. The summed E-state index contributed by atoms with van der Waals surface area (Å²) >= 11 is 0. The number of rotatable bonds is 7. The zero-order valence-electron chi connectivity index (χ0n) is 14.3. The van der Waals surface area contributed by atoms with Gasteiger partial charge in [-0.05, 0) is 32.3 Å². The number of nitrogens with zero attached hydrogens (tertiary/aromatic N) is 1. The van der Waals surface area contributed by atoms with Gasteiger partial charge in [0.2, 0.25) is 0 Å². The Hall–Kier alpha value is -0.980. The van der Waals surface area contributed by atoms with E-state index in [1.807, 2.05) is 18.2 Å². The number of hydrogen-bond donors (Lipinski definition) is 2. The number of guanidine groups is 1. The number of nitrogens with one attached hydrogen (secondary N) is 2. The Bertz CT molecular complexity index is 447. The van der Waals surface area contributed by atoms with E-state index in [-0.39, 0.29) is 24.0 Å². The van der Waals surface area contributed by atoms with Gasteiger partial charge >= 0.3 is 0 Å². The fourth-order valence-electron chi connectivity index (χ4n) is 1.84. The lowest BCUT2D eigenvalue weighted by Gasteiger charge is -2.16. The van der Waals surface area contributed by atoms with Crippen LogP contribution in [0, 0.1) is 5.92 Å². The van der Waals surface area contributed by atoms with E-state index in [9.17, 15) is 0 Å². The smallest absolute Gasteiger partial charge is 0.191 e. The van der Waals surface area contributed by atoms with Crippen LogP contribution in [0.25, 0.3) is 0 Å². The molecule has 22 heavy (non-hydrogen) atoms. The lowest BCUT2D eigenvalue weighted by molar-refractivity contribution is 0.286. The maximum Gasteiger partial charge on any atom is 0.191 e. The molecule has 126 valence electrons. The van der Waals surface area contributed by atoms with E-state index in [0.717, 1.165) is 30.3 Å². The van der Waals surface area contributed by atoms with Crippen molar-refractivity contribution in [3.8, 4) is 5.75 Å². The van der Waals surface area contributed by atoms with Gasteiger partial charge in [-0.1, -0.05) is 32.0 Å². The molecule has 0 aromatic heterocycles. The summed E-state index contributed by atoms with van der Waals surface area (Å²) in [5.74, 6) is 2.41. The molecule has 2 N–H and O–H groups in total. The molecule has 5 heteroatoms. The van der Waals surface area contributed by atoms with Crippen molar-refractivity contribution in [3.05, 3.63) is 29.8 Å². The highest BCUT2D eigenvalue weighted by Gasteiger charge is 2.05. The third-order valence-corrected chi connectivity index (χ3v) is 3.02. The molecular weight excluding hydrogens is 389 g/mol. The van der Waals surface area contributed by atoms with Gasteiger partial charge < -0.3 is 15.4 Å². The van der Waals surface area contributed by atoms with Gasteiger partial charge in [-0.2, -0.15) is 0 Å². The van der Waals surface area contributed by atoms with E-state index in [0.29, 0.717) is 18.5 Å². The van der Waals surface area contributed by atoms with Gasteiger partial charge in [0, 0.05) is 25.2 Å². The first-order valence-electron chi connectivity index (χ1n) is 7.70. The van der Waals surface area contributed by atoms with Crippen LogP contribution in [0.3, 0.4) is 0 Å². The average Bonchev–Trinajstić information content (AvgIpc) is 2.44. The molecule has 0 fully saturated rings. The summed E-state index contributed by atoms with van der Waals surface area (Å²) in [6, 6.07) is 8.50. The molecule has 0 spiro atoms. The molecule has 1 rings (SSSR count). The minimum atomic E-state index is 0. The van der Waals surface area contributed by atoms with E-state index in [1.54, 1.807) is 7.05 Å². The lowest BCUT2D eigenvalue weighted by atomic mass is 10.1. The normalized spacial score (nSPS) is 11.3. The van der Waals surface area contributed by atoms with Crippen molar-refractivity contribution in [2.24, 2.45) is 10.9 Å². The van der Waals surface area contributed by atoms with Crippen LogP contribution in [-0.2, 0) is 6.54 Å². The third-order valence-electron chi connectivity index (χ3n) is 3.02. The number of ether oxygens (including phenoxy) is 1. The number of halogens is 1. The van der Waals surface area contributed by atoms with Crippen LogP contribution in [0.5, 0.6) is 5.75 Å². The van der Waals surface area contributed by atoms with Gasteiger partial charge in [-0.3, -0.25) is 4.99 Å². The summed E-state index contributed by atoms with van der Waals surface area (Å²) in [5, 5.41) is 6.59. The van der Waals surface area contributed by atoms with Crippen molar-refractivity contribution in [2.75, 3.05) is 13.7 Å². The molecule has 1 aromatic carbocycles. The van der Waals surface area contributed by atoms with Crippen molar-refractivity contribution in [1.82, 2.24) is 10.6 Å². The van der Waals surface area contributed by atoms with Crippen LogP contribution >= 0.6 is 24.0 Å². The Morgan fingerprint density at radius 1 is 1.18 bits per heavy atom. The van der Waals surface area contributed by atoms with Gasteiger partial charge in [0.15, 0.2) is 5.96 Å². The Morgan fingerprint density at radius 3 is 2.45 bits per heavy atom. The second kappa shape index (κ2) is 11.6. The number of aliphatic imine (C=N–C) groups is 1. The van der Waals surface area contributed by atoms with Gasteiger partial charge in [0.25, 0.3) is 0 Å². The predicted molar refractivity (Wildman–Crippen MR) is 105 cm³/mol. The van der Waals surface area contributed by atoms with Crippen LogP contribution < -0.4 is 15.4 Å². The van der Waals surface area contributed by atoms with Crippen LogP contribution in [0.15, 0.2) is 29.3 Å². The van der Waals surface area contributed by atoms with E-state index in [4.69, 9.17) is 4.74 Å². The molecule has 0 amide bonds. The first kappa shape index (κ1) is 21.0. The lowest BCUT2D eigenvalue weighted by Crippen LogP contribution is -2.40. The van der Waals surface area contributed by atoms with Crippen molar-refractivity contribution >= 4 is 29.9 Å². The average molecular weight is 419 g/mol. The summed E-state index contributed by atoms with van der Waals surface area (Å²) in [6.07, 6.45) is 1.07. The first-order valence-corrected chi connectivity index (χ1v) is 7.70. The standard InChI is InChI=1S/C17H29N3O.HI/c1-13(2)10-11-21-16-9-7-6-8-15(16)12-19-17(18-5)20-14(3)4;/h6-9,13-14H,10-12H2,1-5H3,(H2,18,19,20);1H. The summed E-state index contributed by atoms with van der Waals surface area (Å²) in [7, 11) is 1.78. The number of benzene rings is 1. The van der Waals surface area contributed by atoms with Crippen LogP contribution in [-0.4, -0.2) is 25.7 Å². The predicted octanol–water partition coefficient (Wildman–Crippen LogP) is 3.80. The van der Waals surface area contributed by atoms with E-state index in [1.165, 1.54) is 0 Å². The topological polar surface area (TPSA) is 45.7 Å². The van der Waals surface area contributed by atoms with Gasteiger partial charge in [-0.15, -0.1) is 24.0 Å². The molecule has 0 aliphatic heterocycles. The number of hydrogen-bond acceptors (Lipinski definition) is 2. The molecule has 0 unspecified atom stereocenters. The van der Waals surface area contributed by atoms with E-state index < -0.39 is 0 Å². The molecular formula is C17H30IN3O. The largest absolute Gasteiger partial charge is 0.493 e. The summed E-state index contributed by atoms with van der Waals surface area (Å²) in [4.78, 5) is 4.21. The molecule has 0 aliphatic carbocycles. The Kier molecular flexibility index (Phi) is 11.1. The molecule has 1 aromatic rings. The van der Waals surface area contributed by atoms with Crippen molar-refractivity contribution in [3.63, 3.8) is 0 Å². The molecule has 4 nitrogen and oxygen atoms in total. The van der Waals surface area contributed by atoms with Gasteiger partial charge in [0.1, 0.15) is 5.75 Å². The highest BCUT2D eigenvalue weighted by Crippen LogP contribution is 2.18. The number of para-hydroxylation sites is 1. The van der Waals surface area contributed by atoms with Gasteiger partial charge in [-0.25, -0.2) is 0 Å². The fraction of sp³-hybridized carbons (Fsp3) is 0.588. The maximum absolute atomic E-state index is 5.89. The molecule has 0 saturated carbocycles. The molecule has 0 heterocycles. The van der Waals surface area contributed by atoms with E-state index >= 15 is 0 Å². The zero-order valence-corrected chi connectivity index (χ0v) is 16.7. The van der Waals surface area contributed by atoms with Crippen LogP contribution in [0.2, 0.25) is 0 Å². The highest BCUT2D eigenvalue weighted by molar-refractivity contribution is 14.0. The van der Waals surface area contributed by atoms with Crippen molar-refractivity contribution in [2.45, 2.75) is 46.7 Å². The third kappa shape index (κ3) is 8.46. The summed E-state index contributed by atoms with van der Waals surface area (Å²) in [6.45, 7) is 10.1. The fourth-order valence-corrected chi connectivity index (χ4v) is 1.84. The molecule has 0 bridgehead atoms. The Morgan fingerprint density at radius 2 is 1.86 bits per heavy atom. The second-order valence-corrected chi connectivity index (χ2v) is 5.86. The Balaban J connectivity index is 0.00000441. The van der Waals surface area contributed by atoms with Crippen LogP contribution in [0.4, 0.5) is 0 Å². The highest BCUT2D eigenvalue weighted by atomic mass is 127. The van der Waals surface area contributed by atoms with Crippen LogP contribution in [0.1, 0.15) is 39.7 Å². The summed E-state index contributed by atoms with van der Waals surface area (Å²) in [5.41, 5.74) is 1.15. The molecule has 0 atom stereocenters. The molecule has 0 aliphatic rings. The van der Waals surface area contributed by atoms with Crippen molar-refractivity contribution < 1.29 is 4.74 Å². The summed E-state index contributed by atoms with van der Waals surface area (Å²) < 4.78 is 5.89. The molecule has 0 radical (unpaired) electrons. The Labute approximate surface area is 152 Å². The molecule has 0 saturated heterocycles. The van der Waals surface area contributed by atoms with E-state index in [2.05, 4.69) is 49.4 Å². The van der Waals surface area contributed by atoms with Gasteiger partial charge in [0.05, 0.1) is 6.61 Å². The minimum Gasteiger partial charge on any atom is -0.493 e. The van der Waals surface area contributed by atoms with Crippen molar-refractivity contribution in [1.29, 1.82) is 0 Å². The minimum absolute atomic E-state index is 0. The zero-order chi connectivity index (χ0) is 15.7. The SMILES string of the molecule is CN=C(NCc1ccccc1OCCC(C)C)NC(C)C.I. The quantitative estimate of drug-likeness (QED) is 0.402. The first-order chi connectivity index (χ1) is 10.0.